The van der Waals surface area contributed by atoms with Gasteiger partial charge in [0.05, 0.1) is 6.54 Å². The zero-order chi connectivity index (χ0) is 15.7. The molecule has 1 aromatic heterocycles. The summed E-state index contributed by atoms with van der Waals surface area (Å²) in [5, 5.41) is 8.04. The van der Waals surface area contributed by atoms with Crippen LogP contribution in [0.15, 0.2) is 6.33 Å². The van der Waals surface area contributed by atoms with Crippen molar-refractivity contribution in [2.24, 2.45) is 5.41 Å². The van der Waals surface area contributed by atoms with Gasteiger partial charge in [-0.1, -0.05) is 27.7 Å². The molecule has 1 aliphatic heterocycles. The fourth-order valence-corrected chi connectivity index (χ4v) is 3.19. The molecule has 1 aliphatic rings. The van der Waals surface area contributed by atoms with Crippen molar-refractivity contribution in [2.45, 2.75) is 72.6 Å². The lowest BCUT2D eigenvalue weighted by Crippen LogP contribution is -2.64. The molecule has 1 aromatic rings. The van der Waals surface area contributed by atoms with Crippen LogP contribution in [0.25, 0.3) is 0 Å². The van der Waals surface area contributed by atoms with E-state index in [9.17, 15) is 0 Å². The molecule has 1 fully saturated rings. The Balaban J connectivity index is 2.18. The second-order valence-electron chi connectivity index (χ2n) is 7.95. The normalized spacial score (nSPS) is 23.4. The molecule has 21 heavy (non-hydrogen) atoms. The molecule has 0 spiro atoms. The maximum Gasteiger partial charge on any atom is 0.141 e. The molecule has 0 radical (unpaired) electrons. The average Bonchev–Trinajstić information content (AvgIpc) is 2.74. The Bertz CT molecular complexity index is 457. The topological polar surface area (TPSA) is 46.0 Å². The standard InChI is InChI=1S/C16H31N5/c1-7-8-21-14(17-12-19-21)10-20-11-16(5,6)18-9-13(20)15(2,3)4/h12-13,18H,7-11H2,1-6H3. The zero-order valence-corrected chi connectivity index (χ0v) is 14.5. The molecule has 5 heteroatoms. The lowest BCUT2D eigenvalue weighted by Gasteiger charge is -2.49. The number of hydrogen-bond acceptors (Lipinski definition) is 4. The summed E-state index contributed by atoms with van der Waals surface area (Å²) in [6, 6.07) is 0.511. The van der Waals surface area contributed by atoms with Crippen molar-refractivity contribution in [1.29, 1.82) is 0 Å². The minimum atomic E-state index is 0.150. The number of nitrogens with zero attached hydrogens (tertiary/aromatic N) is 4. The van der Waals surface area contributed by atoms with E-state index in [2.05, 4.69) is 66.5 Å². The van der Waals surface area contributed by atoms with E-state index in [4.69, 9.17) is 0 Å². The highest BCUT2D eigenvalue weighted by molar-refractivity contribution is 4.99. The SMILES string of the molecule is CCCn1ncnc1CN1CC(C)(C)NCC1C(C)(C)C. The molecule has 0 saturated carbocycles. The van der Waals surface area contributed by atoms with Crippen molar-refractivity contribution in [2.75, 3.05) is 13.1 Å². The lowest BCUT2D eigenvalue weighted by atomic mass is 9.82. The first-order valence-corrected chi connectivity index (χ1v) is 8.09. The molecule has 0 bridgehead atoms. The van der Waals surface area contributed by atoms with E-state index >= 15 is 0 Å². The van der Waals surface area contributed by atoms with Gasteiger partial charge in [-0.25, -0.2) is 9.67 Å². The summed E-state index contributed by atoms with van der Waals surface area (Å²) in [6.45, 7) is 17.6. The van der Waals surface area contributed by atoms with Crippen LogP contribution in [-0.4, -0.2) is 44.3 Å². The van der Waals surface area contributed by atoms with Crippen LogP contribution in [0.3, 0.4) is 0 Å². The smallest absolute Gasteiger partial charge is 0.141 e. The van der Waals surface area contributed by atoms with E-state index < -0.39 is 0 Å². The van der Waals surface area contributed by atoms with Gasteiger partial charge in [-0.05, 0) is 25.7 Å². The second-order valence-corrected chi connectivity index (χ2v) is 7.95. The van der Waals surface area contributed by atoms with Gasteiger partial charge in [-0.2, -0.15) is 5.10 Å². The Labute approximate surface area is 129 Å². The summed E-state index contributed by atoms with van der Waals surface area (Å²) in [6.07, 6.45) is 2.77. The Hall–Kier alpha value is -0.940. The Morgan fingerprint density at radius 1 is 1.38 bits per heavy atom. The van der Waals surface area contributed by atoms with Crippen LogP contribution in [0, 0.1) is 5.41 Å². The highest BCUT2D eigenvalue weighted by Gasteiger charge is 2.38. The van der Waals surface area contributed by atoms with Gasteiger partial charge in [-0.3, -0.25) is 4.90 Å². The molecule has 1 N–H and O–H groups in total. The highest BCUT2D eigenvalue weighted by atomic mass is 15.4. The van der Waals surface area contributed by atoms with Gasteiger partial charge >= 0.3 is 0 Å². The summed E-state index contributed by atoms with van der Waals surface area (Å²) < 4.78 is 2.05. The predicted octanol–water partition coefficient (Wildman–Crippen LogP) is 2.29. The summed E-state index contributed by atoms with van der Waals surface area (Å²) in [4.78, 5) is 7.06. The van der Waals surface area contributed by atoms with E-state index in [1.807, 2.05) is 0 Å². The van der Waals surface area contributed by atoms with Gasteiger partial charge in [0.15, 0.2) is 0 Å². The Morgan fingerprint density at radius 2 is 2.10 bits per heavy atom. The minimum absolute atomic E-state index is 0.150. The molecule has 120 valence electrons. The van der Waals surface area contributed by atoms with Crippen LogP contribution in [0.5, 0.6) is 0 Å². The Kier molecular flexibility index (Phi) is 4.73. The van der Waals surface area contributed by atoms with Gasteiger partial charge < -0.3 is 5.32 Å². The molecule has 0 amide bonds. The average molecular weight is 293 g/mol. The fourth-order valence-electron chi connectivity index (χ4n) is 3.19. The summed E-state index contributed by atoms with van der Waals surface area (Å²) >= 11 is 0. The molecule has 1 atom stereocenters. The van der Waals surface area contributed by atoms with Crippen molar-refractivity contribution in [3.05, 3.63) is 12.2 Å². The minimum Gasteiger partial charge on any atom is -0.309 e. The first-order valence-electron chi connectivity index (χ1n) is 8.09. The largest absolute Gasteiger partial charge is 0.309 e. The molecule has 1 unspecified atom stereocenters. The van der Waals surface area contributed by atoms with E-state index in [-0.39, 0.29) is 11.0 Å². The number of rotatable bonds is 4. The molecule has 1 saturated heterocycles. The maximum absolute atomic E-state index is 4.48. The monoisotopic (exact) mass is 293 g/mol. The lowest BCUT2D eigenvalue weighted by molar-refractivity contribution is 0.0244. The molecular formula is C16H31N5. The van der Waals surface area contributed by atoms with Crippen LogP contribution in [-0.2, 0) is 13.1 Å². The third-order valence-electron chi connectivity index (χ3n) is 4.29. The van der Waals surface area contributed by atoms with Crippen LogP contribution in [0.4, 0.5) is 0 Å². The third kappa shape index (κ3) is 4.04. The molecule has 2 rings (SSSR count). The van der Waals surface area contributed by atoms with Crippen LogP contribution in [0.2, 0.25) is 0 Å². The first-order chi connectivity index (χ1) is 9.73. The highest BCUT2D eigenvalue weighted by Crippen LogP contribution is 2.29. The number of aryl methyl sites for hydroxylation is 1. The van der Waals surface area contributed by atoms with E-state index in [1.54, 1.807) is 6.33 Å². The van der Waals surface area contributed by atoms with Gasteiger partial charge in [0.2, 0.25) is 0 Å². The summed E-state index contributed by atoms with van der Waals surface area (Å²) in [5.74, 6) is 1.09. The molecule has 5 nitrogen and oxygen atoms in total. The fraction of sp³-hybridized carbons (Fsp3) is 0.875. The van der Waals surface area contributed by atoms with Crippen molar-refractivity contribution < 1.29 is 0 Å². The van der Waals surface area contributed by atoms with Gasteiger partial charge in [0, 0.05) is 31.2 Å². The van der Waals surface area contributed by atoms with Crippen molar-refractivity contribution >= 4 is 0 Å². The van der Waals surface area contributed by atoms with Crippen LogP contribution >= 0.6 is 0 Å². The van der Waals surface area contributed by atoms with E-state index in [0.717, 1.165) is 38.4 Å². The summed E-state index contributed by atoms with van der Waals surface area (Å²) in [7, 11) is 0. The Morgan fingerprint density at radius 3 is 2.71 bits per heavy atom. The number of hydrogen-bond donors (Lipinski definition) is 1. The molecule has 0 aromatic carbocycles. The molecular weight excluding hydrogens is 262 g/mol. The molecule has 2 heterocycles. The van der Waals surface area contributed by atoms with Crippen LogP contribution < -0.4 is 5.32 Å². The second kappa shape index (κ2) is 6.05. The summed E-state index contributed by atoms with van der Waals surface area (Å²) in [5.41, 5.74) is 0.399. The third-order valence-corrected chi connectivity index (χ3v) is 4.29. The van der Waals surface area contributed by atoms with Gasteiger partial charge in [-0.15, -0.1) is 0 Å². The predicted molar refractivity (Wildman–Crippen MR) is 86.0 cm³/mol. The number of nitrogens with one attached hydrogen (secondary N) is 1. The molecule has 0 aliphatic carbocycles. The van der Waals surface area contributed by atoms with Gasteiger partial charge in [0.25, 0.3) is 0 Å². The quantitative estimate of drug-likeness (QED) is 0.925. The van der Waals surface area contributed by atoms with E-state index in [0.29, 0.717) is 6.04 Å². The van der Waals surface area contributed by atoms with Crippen molar-refractivity contribution in [3.8, 4) is 0 Å². The van der Waals surface area contributed by atoms with E-state index in [1.165, 1.54) is 0 Å². The maximum atomic E-state index is 4.48. The number of piperazine rings is 1. The van der Waals surface area contributed by atoms with Crippen molar-refractivity contribution in [1.82, 2.24) is 25.0 Å². The number of aromatic nitrogens is 3. The first kappa shape index (κ1) is 16.4. The zero-order valence-electron chi connectivity index (χ0n) is 14.5. The van der Waals surface area contributed by atoms with Crippen LogP contribution in [0.1, 0.15) is 53.8 Å². The van der Waals surface area contributed by atoms with Gasteiger partial charge in [0.1, 0.15) is 12.2 Å². The van der Waals surface area contributed by atoms with Crippen molar-refractivity contribution in [3.63, 3.8) is 0 Å².